The van der Waals surface area contributed by atoms with Crippen molar-refractivity contribution in [3.63, 3.8) is 0 Å². The van der Waals surface area contributed by atoms with Crippen LogP contribution in [0.1, 0.15) is 17.7 Å². The van der Waals surface area contributed by atoms with Crippen molar-refractivity contribution >= 4 is 23.2 Å². The van der Waals surface area contributed by atoms with Gasteiger partial charge in [0.1, 0.15) is 0 Å². The Bertz CT molecular complexity index is 352. The topological polar surface area (TPSA) is 25.8 Å². The number of rotatable bonds is 1. The minimum absolute atomic E-state index is 0.250. The summed E-state index contributed by atoms with van der Waals surface area (Å²) in [5.74, 6) is 6.37. The Morgan fingerprint density at radius 1 is 1.54 bits per heavy atom. The monoisotopic (exact) mass is 214 g/mol. The predicted octanol–water partition coefficient (Wildman–Crippen LogP) is 2.42. The highest BCUT2D eigenvalue weighted by Crippen LogP contribution is 2.05. The summed E-state index contributed by atoms with van der Waals surface area (Å²) in [7, 11) is 0. The fraction of sp³-hybridized carbons (Fsp3) is 0.333. The second-order valence-electron chi connectivity index (χ2n) is 2.38. The van der Waals surface area contributed by atoms with Gasteiger partial charge in [-0.05, 0) is 18.5 Å². The van der Waals surface area contributed by atoms with Crippen LogP contribution in [-0.2, 0) is 0 Å². The maximum absolute atomic E-state index is 5.59. The van der Waals surface area contributed by atoms with Gasteiger partial charge in [-0.3, -0.25) is 0 Å². The van der Waals surface area contributed by atoms with E-state index in [2.05, 4.69) is 21.8 Å². The third-order valence-corrected chi connectivity index (χ3v) is 1.76. The van der Waals surface area contributed by atoms with Crippen LogP contribution in [0.15, 0.2) is 6.20 Å². The normalized spacial score (nSPS) is 9.15. The highest BCUT2D eigenvalue weighted by atomic mass is 35.5. The maximum atomic E-state index is 5.59. The van der Waals surface area contributed by atoms with Crippen molar-refractivity contribution in [3.05, 3.63) is 22.7 Å². The number of hydrogen-bond donors (Lipinski definition) is 0. The first-order valence-electron chi connectivity index (χ1n) is 3.78. The van der Waals surface area contributed by atoms with Crippen molar-refractivity contribution in [1.82, 2.24) is 9.97 Å². The third-order valence-electron chi connectivity index (χ3n) is 1.39. The standard InChI is InChI=1S/C9H8Cl2N2/c1-7-8(4-2-3-5-10)6-12-9(11)13-7/h6H,3,5H2,1H3. The average molecular weight is 215 g/mol. The smallest absolute Gasteiger partial charge is 0.222 e. The summed E-state index contributed by atoms with van der Waals surface area (Å²) in [5, 5.41) is 0.250. The molecule has 1 aromatic rings. The number of hydrogen-bond acceptors (Lipinski definition) is 2. The largest absolute Gasteiger partial charge is 0.225 e. The van der Waals surface area contributed by atoms with Crippen LogP contribution >= 0.6 is 23.2 Å². The first-order chi connectivity index (χ1) is 6.24. The van der Waals surface area contributed by atoms with Gasteiger partial charge < -0.3 is 0 Å². The SMILES string of the molecule is Cc1nc(Cl)ncc1C#CCCCl. The second kappa shape index (κ2) is 5.06. The van der Waals surface area contributed by atoms with Crippen LogP contribution in [0.4, 0.5) is 0 Å². The van der Waals surface area contributed by atoms with Gasteiger partial charge in [-0.1, -0.05) is 11.8 Å². The molecule has 1 aromatic heterocycles. The molecule has 0 amide bonds. The molecule has 0 N–H and O–H groups in total. The molecule has 0 unspecified atom stereocenters. The molecule has 0 saturated carbocycles. The zero-order chi connectivity index (χ0) is 9.68. The molecule has 0 aromatic carbocycles. The van der Waals surface area contributed by atoms with Gasteiger partial charge in [0.15, 0.2) is 0 Å². The highest BCUT2D eigenvalue weighted by molar-refractivity contribution is 6.28. The van der Waals surface area contributed by atoms with Gasteiger partial charge in [0, 0.05) is 18.5 Å². The fourth-order valence-electron chi connectivity index (χ4n) is 0.766. The minimum Gasteiger partial charge on any atom is -0.225 e. The van der Waals surface area contributed by atoms with E-state index in [0.29, 0.717) is 12.3 Å². The molecule has 68 valence electrons. The molecule has 1 rings (SSSR count). The van der Waals surface area contributed by atoms with Gasteiger partial charge in [-0.25, -0.2) is 9.97 Å². The van der Waals surface area contributed by atoms with Crippen molar-refractivity contribution < 1.29 is 0 Å². The van der Waals surface area contributed by atoms with Crippen LogP contribution in [0.3, 0.4) is 0 Å². The van der Waals surface area contributed by atoms with Gasteiger partial charge in [-0.2, -0.15) is 0 Å². The van der Waals surface area contributed by atoms with Crippen molar-refractivity contribution in [2.75, 3.05) is 5.88 Å². The van der Waals surface area contributed by atoms with E-state index in [1.807, 2.05) is 6.92 Å². The molecule has 0 bridgehead atoms. The van der Waals surface area contributed by atoms with Crippen LogP contribution in [0.25, 0.3) is 0 Å². The van der Waals surface area contributed by atoms with Crippen LogP contribution in [0.2, 0.25) is 5.28 Å². The molecule has 1 heterocycles. The van der Waals surface area contributed by atoms with Gasteiger partial charge in [0.2, 0.25) is 5.28 Å². The summed E-state index contributed by atoms with van der Waals surface area (Å²) in [6.07, 6.45) is 2.29. The molecule has 0 aliphatic heterocycles. The molecule has 0 aliphatic carbocycles. The van der Waals surface area contributed by atoms with Crippen LogP contribution in [0, 0.1) is 18.8 Å². The lowest BCUT2D eigenvalue weighted by atomic mass is 10.2. The summed E-state index contributed by atoms with van der Waals surface area (Å²) >= 11 is 11.1. The predicted molar refractivity (Wildman–Crippen MR) is 54.0 cm³/mol. The molecule has 2 nitrogen and oxygen atoms in total. The molecule has 13 heavy (non-hydrogen) atoms. The van der Waals surface area contributed by atoms with E-state index in [1.165, 1.54) is 0 Å². The van der Waals surface area contributed by atoms with Crippen LogP contribution in [0.5, 0.6) is 0 Å². The zero-order valence-electron chi connectivity index (χ0n) is 7.14. The van der Waals surface area contributed by atoms with E-state index in [1.54, 1.807) is 6.20 Å². The second-order valence-corrected chi connectivity index (χ2v) is 3.09. The fourth-order valence-corrected chi connectivity index (χ4v) is 1.04. The summed E-state index contributed by atoms with van der Waals surface area (Å²) < 4.78 is 0. The highest BCUT2D eigenvalue weighted by Gasteiger charge is 1.97. The Morgan fingerprint density at radius 2 is 2.31 bits per heavy atom. The molecule has 0 spiro atoms. The Morgan fingerprint density at radius 3 is 2.92 bits per heavy atom. The molecular formula is C9H8Cl2N2. The van der Waals surface area contributed by atoms with Gasteiger partial charge in [-0.15, -0.1) is 11.6 Å². The summed E-state index contributed by atoms with van der Waals surface area (Å²) in [5.41, 5.74) is 1.59. The lowest BCUT2D eigenvalue weighted by Crippen LogP contribution is -1.90. The molecule has 0 saturated heterocycles. The first kappa shape index (κ1) is 10.3. The molecule has 0 aliphatic rings. The number of aromatic nitrogens is 2. The lowest BCUT2D eigenvalue weighted by molar-refractivity contribution is 1.09. The van der Waals surface area contributed by atoms with Gasteiger partial charge in [0.05, 0.1) is 11.3 Å². The van der Waals surface area contributed by atoms with Crippen molar-refractivity contribution in [2.24, 2.45) is 0 Å². The Hall–Kier alpha value is -0.780. The molecule has 4 heteroatoms. The van der Waals surface area contributed by atoms with Crippen LogP contribution in [-0.4, -0.2) is 15.8 Å². The first-order valence-corrected chi connectivity index (χ1v) is 4.69. The quantitative estimate of drug-likeness (QED) is 0.408. The van der Waals surface area contributed by atoms with Gasteiger partial charge in [0.25, 0.3) is 0 Å². The van der Waals surface area contributed by atoms with E-state index < -0.39 is 0 Å². The maximum Gasteiger partial charge on any atom is 0.222 e. The number of alkyl halides is 1. The van der Waals surface area contributed by atoms with E-state index in [4.69, 9.17) is 23.2 Å². The van der Waals surface area contributed by atoms with Crippen LogP contribution < -0.4 is 0 Å². The van der Waals surface area contributed by atoms with Crippen molar-refractivity contribution in [1.29, 1.82) is 0 Å². The van der Waals surface area contributed by atoms with E-state index in [9.17, 15) is 0 Å². The average Bonchev–Trinajstić information content (AvgIpc) is 2.09. The number of halogens is 2. The number of nitrogens with zero attached hydrogens (tertiary/aromatic N) is 2. The Labute approximate surface area is 87.3 Å². The van der Waals surface area contributed by atoms with E-state index in [-0.39, 0.29) is 5.28 Å². The zero-order valence-corrected chi connectivity index (χ0v) is 8.65. The van der Waals surface area contributed by atoms with E-state index in [0.717, 1.165) is 11.3 Å². The molecule has 0 fully saturated rings. The molecule has 0 atom stereocenters. The molecular weight excluding hydrogens is 207 g/mol. The third kappa shape index (κ3) is 3.22. The lowest BCUT2D eigenvalue weighted by Gasteiger charge is -1.95. The molecule has 0 radical (unpaired) electrons. The van der Waals surface area contributed by atoms with E-state index >= 15 is 0 Å². The van der Waals surface area contributed by atoms with Crippen molar-refractivity contribution in [3.8, 4) is 11.8 Å². The Kier molecular flexibility index (Phi) is 4.01. The summed E-state index contributed by atoms with van der Waals surface area (Å²) in [4.78, 5) is 7.81. The van der Waals surface area contributed by atoms with Gasteiger partial charge >= 0.3 is 0 Å². The Balaban J connectivity index is 2.85. The summed E-state index contributed by atoms with van der Waals surface area (Å²) in [6.45, 7) is 1.85. The number of aryl methyl sites for hydroxylation is 1. The minimum atomic E-state index is 0.250. The summed E-state index contributed by atoms with van der Waals surface area (Å²) in [6, 6.07) is 0. The van der Waals surface area contributed by atoms with Crippen molar-refractivity contribution in [2.45, 2.75) is 13.3 Å².